The lowest BCUT2D eigenvalue weighted by Crippen LogP contribution is -2.54. The number of halogens is 1. The SMILES string of the molecule is COc1ccccc1N(CC(=O)N(Cc1ccccc1Cl)C(Cc1ccccc1)C(=O)NC1CCCC1)S(=O)(=O)c1ccc(C)cc1. The Hall–Kier alpha value is -4.34. The number of amides is 2. The first-order valence-electron chi connectivity index (χ1n) is 15.8. The quantitative estimate of drug-likeness (QED) is 0.174. The first-order valence-corrected chi connectivity index (χ1v) is 17.6. The Labute approximate surface area is 282 Å². The van der Waals surface area contributed by atoms with E-state index in [1.807, 2.05) is 43.3 Å². The first-order chi connectivity index (χ1) is 22.7. The average molecular weight is 674 g/mol. The second-order valence-corrected chi connectivity index (χ2v) is 14.1. The van der Waals surface area contributed by atoms with Crippen molar-refractivity contribution in [2.24, 2.45) is 0 Å². The van der Waals surface area contributed by atoms with Crippen LogP contribution in [0, 0.1) is 6.92 Å². The van der Waals surface area contributed by atoms with Crippen molar-refractivity contribution in [2.75, 3.05) is 18.0 Å². The van der Waals surface area contributed by atoms with Crippen LogP contribution < -0.4 is 14.4 Å². The molecule has 0 spiro atoms. The molecule has 47 heavy (non-hydrogen) atoms. The fraction of sp³-hybridized carbons (Fsp3) is 0.297. The number of carbonyl (C=O) groups excluding carboxylic acids is 2. The summed E-state index contributed by atoms with van der Waals surface area (Å²) in [5.74, 6) is -0.561. The number of sulfonamides is 1. The highest BCUT2D eigenvalue weighted by Crippen LogP contribution is 2.33. The summed E-state index contributed by atoms with van der Waals surface area (Å²) in [4.78, 5) is 30.3. The topological polar surface area (TPSA) is 96.0 Å². The lowest BCUT2D eigenvalue weighted by molar-refractivity contribution is -0.140. The number of nitrogens with zero attached hydrogens (tertiary/aromatic N) is 2. The van der Waals surface area contributed by atoms with E-state index in [0.717, 1.165) is 41.1 Å². The molecule has 5 rings (SSSR count). The minimum Gasteiger partial charge on any atom is -0.495 e. The van der Waals surface area contributed by atoms with Gasteiger partial charge in [-0.1, -0.05) is 103 Å². The number of carbonyl (C=O) groups is 2. The van der Waals surface area contributed by atoms with Crippen molar-refractivity contribution in [2.45, 2.75) is 62.6 Å². The third kappa shape index (κ3) is 8.34. The van der Waals surface area contributed by atoms with Gasteiger partial charge in [-0.25, -0.2) is 8.42 Å². The summed E-state index contributed by atoms with van der Waals surface area (Å²) in [5, 5.41) is 3.62. The third-order valence-electron chi connectivity index (χ3n) is 8.51. The molecule has 4 aromatic rings. The largest absolute Gasteiger partial charge is 0.495 e. The number of benzene rings is 4. The minimum absolute atomic E-state index is 0.00155. The molecule has 0 aliphatic heterocycles. The van der Waals surface area contributed by atoms with Gasteiger partial charge < -0.3 is 15.0 Å². The highest BCUT2D eigenvalue weighted by molar-refractivity contribution is 7.92. The molecule has 0 heterocycles. The molecule has 2 amide bonds. The molecule has 246 valence electrons. The number of hydrogen-bond donors (Lipinski definition) is 1. The van der Waals surface area contributed by atoms with Crippen LogP contribution in [-0.4, -0.2) is 50.9 Å². The van der Waals surface area contributed by atoms with Gasteiger partial charge in [0.15, 0.2) is 0 Å². The van der Waals surface area contributed by atoms with Crippen LogP contribution in [0.4, 0.5) is 5.69 Å². The fourth-order valence-corrected chi connectivity index (χ4v) is 7.54. The highest BCUT2D eigenvalue weighted by atomic mass is 35.5. The Morgan fingerprint density at radius 1 is 0.894 bits per heavy atom. The summed E-state index contributed by atoms with van der Waals surface area (Å²) in [6, 6.07) is 28.8. The Bertz CT molecular complexity index is 1780. The van der Waals surface area contributed by atoms with Crippen molar-refractivity contribution in [1.29, 1.82) is 0 Å². The number of ether oxygens (including phenoxy) is 1. The zero-order chi connectivity index (χ0) is 33.4. The standard InChI is InChI=1S/C37H40ClN3O5S/c1-27-20-22-31(23-21-27)47(44,45)41(33-18-10-11-19-35(33)46-2)26-36(42)40(25-29-14-6-9-17-32(29)38)34(24-28-12-4-3-5-13-28)37(43)39-30-15-7-8-16-30/h3-6,9-14,17-23,30,34H,7-8,15-16,24-26H2,1-2H3,(H,39,43). The van der Waals surface area contributed by atoms with Crippen molar-refractivity contribution >= 4 is 39.1 Å². The molecule has 1 aliphatic carbocycles. The van der Waals surface area contributed by atoms with Gasteiger partial charge in [-0.05, 0) is 61.2 Å². The Morgan fingerprint density at radius 3 is 2.21 bits per heavy atom. The molecule has 1 fully saturated rings. The molecule has 0 bridgehead atoms. The molecule has 1 aliphatic rings. The maximum atomic E-state index is 14.7. The van der Waals surface area contributed by atoms with E-state index in [9.17, 15) is 18.0 Å². The van der Waals surface area contributed by atoms with Crippen molar-refractivity contribution in [3.8, 4) is 5.75 Å². The van der Waals surface area contributed by atoms with Crippen LogP contribution in [0.3, 0.4) is 0 Å². The van der Waals surface area contributed by atoms with Crippen LogP contribution in [0.2, 0.25) is 5.02 Å². The average Bonchev–Trinajstić information content (AvgIpc) is 3.59. The number of rotatable bonds is 13. The summed E-state index contributed by atoms with van der Waals surface area (Å²) in [5.41, 5.74) is 2.60. The number of aryl methyl sites for hydroxylation is 1. The second kappa shape index (κ2) is 15.5. The van der Waals surface area contributed by atoms with Gasteiger partial charge >= 0.3 is 0 Å². The molecule has 10 heteroatoms. The first kappa shape index (κ1) is 34.0. The van der Waals surface area contributed by atoms with Crippen LogP contribution in [0.1, 0.15) is 42.4 Å². The van der Waals surface area contributed by atoms with Crippen LogP contribution in [0.5, 0.6) is 5.75 Å². The lowest BCUT2D eigenvalue weighted by atomic mass is 10.0. The minimum atomic E-state index is -4.26. The Kier molecular flexibility index (Phi) is 11.2. The summed E-state index contributed by atoms with van der Waals surface area (Å²) in [6.07, 6.45) is 4.04. The van der Waals surface area contributed by atoms with E-state index in [1.54, 1.807) is 54.6 Å². The van der Waals surface area contributed by atoms with Gasteiger partial charge in [0.25, 0.3) is 10.0 Å². The van der Waals surface area contributed by atoms with E-state index in [-0.39, 0.29) is 41.2 Å². The van der Waals surface area contributed by atoms with Crippen molar-refractivity contribution in [3.05, 3.63) is 125 Å². The molecule has 0 saturated heterocycles. The molecular weight excluding hydrogens is 634 g/mol. The van der Waals surface area contributed by atoms with Gasteiger partial charge in [0.05, 0.1) is 17.7 Å². The molecule has 8 nitrogen and oxygen atoms in total. The van der Waals surface area contributed by atoms with Crippen LogP contribution >= 0.6 is 11.6 Å². The lowest BCUT2D eigenvalue weighted by Gasteiger charge is -2.34. The van der Waals surface area contributed by atoms with Crippen LogP contribution in [0.15, 0.2) is 108 Å². The molecule has 1 atom stereocenters. The van der Waals surface area contributed by atoms with Crippen molar-refractivity contribution < 1.29 is 22.7 Å². The van der Waals surface area contributed by atoms with E-state index in [2.05, 4.69) is 5.32 Å². The van der Waals surface area contributed by atoms with Crippen molar-refractivity contribution in [1.82, 2.24) is 10.2 Å². The van der Waals surface area contributed by atoms with Gasteiger partial charge in [0, 0.05) is 24.0 Å². The smallest absolute Gasteiger partial charge is 0.264 e. The molecular formula is C37H40ClN3O5S. The highest BCUT2D eigenvalue weighted by Gasteiger charge is 2.36. The van der Waals surface area contributed by atoms with E-state index >= 15 is 0 Å². The zero-order valence-corrected chi connectivity index (χ0v) is 28.2. The maximum Gasteiger partial charge on any atom is 0.264 e. The van der Waals surface area contributed by atoms with E-state index in [4.69, 9.17) is 16.3 Å². The Morgan fingerprint density at radius 2 is 1.53 bits per heavy atom. The number of anilines is 1. The second-order valence-electron chi connectivity index (χ2n) is 11.8. The fourth-order valence-electron chi connectivity index (χ4n) is 5.92. The number of nitrogens with one attached hydrogen (secondary N) is 1. The van der Waals surface area contributed by atoms with Gasteiger partial charge in [-0.15, -0.1) is 0 Å². The summed E-state index contributed by atoms with van der Waals surface area (Å²) in [6.45, 7) is 1.29. The van der Waals surface area contributed by atoms with Crippen molar-refractivity contribution in [3.63, 3.8) is 0 Å². The van der Waals surface area contributed by atoms with E-state index < -0.39 is 28.5 Å². The molecule has 0 aromatic heterocycles. The van der Waals surface area contributed by atoms with Gasteiger partial charge in [0.1, 0.15) is 18.3 Å². The van der Waals surface area contributed by atoms with Crippen LogP contribution in [-0.2, 0) is 32.6 Å². The maximum absolute atomic E-state index is 14.7. The summed E-state index contributed by atoms with van der Waals surface area (Å²) < 4.78 is 35.2. The zero-order valence-electron chi connectivity index (χ0n) is 26.6. The predicted molar refractivity (Wildman–Crippen MR) is 185 cm³/mol. The number of para-hydroxylation sites is 2. The van der Waals surface area contributed by atoms with E-state index in [1.165, 1.54) is 24.1 Å². The molecule has 1 unspecified atom stereocenters. The van der Waals surface area contributed by atoms with Gasteiger partial charge in [-0.3, -0.25) is 13.9 Å². The number of hydrogen-bond acceptors (Lipinski definition) is 5. The normalized spacial score (nSPS) is 13.9. The molecule has 4 aromatic carbocycles. The molecule has 1 N–H and O–H groups in total. The van der Waals surface area contributed by atoms with E-state index in [0.29, 0.717) is 10.6 Å². The van der Waals surface area contributed by atoms with Crippen LogP contribution in [0.25, 0.3) is 0 Å². The number of methoxy groups -OCH3 is 1. The predicted octanol–water partition coefficient (Wildman–Crippen LogP) is 6.55. The van der Waals surface area contributed by atoms with Gasteiger partial charge in [-0.2, -0.15) is 0 Å². The summed E-state index contributed by atoms with van der Waals surface area (Å²) >= 11 is 6.60. The molecule has 1 saturated carbocycles. The van der Waals surface area contributed by atoms with Gasteiger partial charge in [0.2, 0.25) is 11.8 Å². The summed E-state index contributed by atoms with van der Waals surface area (Å²) in [7, 11) is -2.81. The Balaban J connectivity index is 1.59. The molecule has 0 radical (unpaired) electrons. The third-order valence-corrected chi connectivity index (χ3v) is 10.7. The monoisotopic (exact) mass is 673 g/mol.